The average Bonchev–Trinajstić information content (AvgIpc) is 3.44. The van der Waals surface area contributed by atoms with E-state index in [1.54, 1.807) is 30.4 Å². The number of rotatable bonds is 20. The third-order valence-electron chi connectivity index (χ3n) is 10.7. The van der Waals surface area contributed by atoms with Crippen molar-refractivity contribution in [3.8, 4) is 0 Å². The largest absolute Gasteiger partial charge is 0.344 e. The summed E-state index contributed by atoms with van der Waals surface area (Å²) < 4.78 is 135. The quantitative estimate of drug-likeness (QED) is 0.0512. The van der Waals surface area contributed by atoms with Gasteiger partial charge in [0, 0.05) is 59.8 Å². The lowest BCUT2D eigenvalue weighted by Crippen LogP contribution is -2.30. The van der Waals surface area contributed by atoms with E-state index < -0.39 is 62.8 Å². The maximum absolute atomic E-state index is 12.2. The van der Waals surface area contributed by atoms with Gasteiger partial charge in [0.25, 0.3) is 40.5 Å². The van der Waals surface area contributed by atoms with Crippen LogP contribution in [-0.4, -0.2) is 92.5 Å². The Bertz CT molecular complexity index is 2490. The standard InChI is InChI=1S/C39H52N2O13S4/c1-28(2)35(42)14-8-7-11-22-41-34-20-18-30(58(52,53)54)27-32(34)39(5,21-12-24-55(43,44)45)37(41)16-10-6-9-15-36-38(3,4)31-26-29(57(49,50)51)17-19-33(31)40(36)23-13-25-56(46,47)48/h6,9-10,15-20,26-28H,7-8,11-14,21-25H2,1-5H3,(H3-,43,44,45,46,47,48,49,50,51,52,53,54)/p+1. The lowest BCUT2D eigenvalue weighted by Gasteiger charge is -2.30. The molecule has 2 heterocycles. The van der Waals surface area contributed by atoms with Gasteiger partial charge in [0.15, 0.2) is 5.71 Å². The molecule has 320 valence electrons. The van der Waals surface area contributed by atoms with Crippen LogP contribution in [-0.2, 0) is 56.1 Å². The summed E-state index contributed by atoms with van der Waals surface area (Å²) in [5.41, 5.74) is 1.90. The molecular weight excluding hydrogens is 833 g/mol. The van der Waals surface area contributed by atoms with E-state index in [2.05, 4.69) is 0 Å². The smallest absolute Gasteiger partial charge is 0.294 e. The Morgan fingerprint density at radius 2 is 1.33 bits per heavy atom. The number of hydrogen-bond acceptors (Lipinski definition) is 10. The van der Waals surface area contributed by atoms with Crippen molar-refractivity contribution in [3.05, 3.63) is 83.6 Å². The minimum atomic E-state index is -4.60. The first-order chi connectivity index (χ1) is 26.7. The zero-order valence-corrected chi connectivity index (χ0v) is 36.5. The minimum Gasteiger partial charge on any atom is -0.344 e. The molecule has 0 aromatic heterocycles. The fourth-order valence-corrected chi connectivity index (χ4v) is 9.67. The van der Waals surface area contributed by atoms with Crippen molar-refractivity contribution < 1.29 is 61.3 Å². The van der Waals surface area contributed by atoms with E-state index in [0.29, 0.717) is 59.7 Å². The Morgan fingerprint density at radius 1 is 0.741 bits per heavy atom. The molecule has 2 aliphatic heterocycles. The van der Waals surface area contributed by atoms with E-state index >= 15 is 0 Å². The fourth-order valence-electron chi connectivity index (χ4n) is 7.66. The fraction of sp³-hybridized carbons (Fsp3) is 0.487. The first-order valence-electron chi connectivity index (χ1n) is 18.8. The van der Waals surface area contributed by atoms with Crippen LogP contribution in [0, 0.1) is 5.92 Å². The highest BCUT2D eigenvalue weighted by Crippen LogP contribution is 2.51. The highest BCUT2D eigenvalue weighted by Gasteiger charge is 2.46. The van der Waals surface area contributed by atoms with Crippen LogP contribution in [0.15, 0.2) is 82.3 Å². The number of benzene rings is 2. The first kappa shape index (κ1) is 47.1. The summed E-state index contributed by atoms with van der Waals surface area (Å²) in [6, 6.07) is 8.40. The van der Waals surface area contributed by atoms with E-state index in [1.807, 2.05) is 50.2 Å². The molecular formula is C39H53N2O13S4+. The van der Waals surface area contributed by atoms with Gasteiger partial charge in [0.1, 0.15) is 12.3 Å². The first-order valence-corrected chi connectivity index (χ1v) is 24.9. The zero-order valence-electron chi connectivity index (χ0n) is 33.2. The number of carbonyl (C=O) groups excluding carboxylic acids is 1. The van der Waals surface area contributed by atoms with Gasteiger partial charge in [-0.15, -0.1) is 0 Å². The van der Waals surface area contributed by atoms with Gasteiger partial charge >= 0.3 is 0 Å². The molecule has 0 fully saturated rings. The van der Waals surface area contributed by atoms with Crippen LogP contribution in [0.3, 0.4) is 0 Å². The molecule has 0 aliphatic carbocycles. The van der Waals surface area contributed by atoms with Gasteiger partial charge in [-0.1, -0.05) is 38.5 Å². The van der Waals surface area contributed by atoms with Crippen molar-refractivity contribution in [2.24, 2.45) is 5.92 Å². The number of carbonyl (C=O) groups is 1. The SMILES string of the molecule is CC(C)C(=O)CCCCCN1\C(=C/C=C/C=C/C2=[N+](CCCS(=O)(=O)O)c3ccc(S(=O)(=O)O)cc3C2(C)C)C(C)(CCCS(=O)(=O)O)c2cc(S(=O)(=O)O)ccc21. The Kier molecular flexibility index (Phi) is 14.6. The van der Waals surface area contributed by atoms with E-state index in [4.69, 9.17) is 0 Å². The van der Waals surface area contributed by atoms with Crippen molar-refractivity contribution in [2.75, 3.05) is 29.5 Å². The molecule has 0 spiro atoms. The predicted octanol–water partition coefficient (Wildman–Crippen LogP) is 6.06. The van der Waals surface area contributed by atoms with E-state index in [0.717, 1.165) is 6.42 Å². The number of fused-ring (bicyclic) bond motifs is 2. The molecule has 0 saturated carbocycles. The minimum absolute atomic E-state index is 0.0255. The van der Waals surface area contributed by atoms with Crippen molar-refractivity contribution in [2.45, 2.75) is 100 Å². The summed E-state index contributed by atoms with van der Waals surface area (Å²) in [6.07, 6.45) is 11.5. The third-order valence-corrected chi connectivity index (χ3v) is 14.0. The number of allylic oxidation sites excluding steroid dienone is 6. The second kappa shape index (κ2) is 18.0. The van der Waals surface area contributed by atoms with Gasteiger partial charge in [-0.05, 0) is 88.4 Å². The molecule has 0 saturated heterocycles. The number of anilines is 1. The molecule has 58 heavy (non-hydrogen) atoms. The van der Waals surface area contributed by atoms with E-state index in [-0.39, 0.29) is 47.3 Å². The molecule has 0 amide bonds. The second-order valence-corrected chi connectivity index (χ2v) is 21.7. The molecule has 1 unspecified atom stereocenters. The van der Waals surface area contributed by atoms with Crippen LogP contribution < -0.4 is 4.90 Å². The molecule has 15 nitrogen and oxygen atoms in total. The Hall–Kier alpha value is -3.56. The summed E-state index contributed by atoms with van der Waals surface area (Å²) in [5, 5.41) is 0. The van der Waals surface area contributed by atoms with Gasteiger partial charge in [-0.25, -0.2) is 0 Å². The highest BCUT2D eigenvalue weighted by atomic mass is 32.2. The topological polar surface area (TPSA) is 241 Å². The van der Waals surface area contributed by atoms with Crippen LogP contribution in [0.4, 0.5) is 11.4 Å². The number of hydrogen-bond donors (Lipinski definition) is 4. The third kappa shape index (κ3) is 11.6. The van der Waals surface area contributed by atoms with Gasteiger partial charge in [0.05, 0.1) is 26.7 Å². The van der Waals surface area contributed by atoms with Gasteiger partial charge in [-0.2, -0.15) is 38.2 Å². The summed E-state index contributed by atoms with van der Waals surface area (Å²) >= 11 is 0. The Balaban J connectivity index is 1.76. The maximum Gasteiger partial charge on any atom is 0.294 e. The number of nitrogens with zero attached hydrogens (tertiary/aromatic N) is 2. The highest BCUT2D eigenvalue weighted by molar-refractivity contribution is 7.86. The van der Waals surface area contributed by atoms with Crippen LogP contribution >= 0.6 is 0 Å². The van der Waals surface area contributed by atoms with Gasteiger partial charge < -0.3 is 4.90 Å². The van der Waals surface area contributed by atoms with Crippen LogP contribution in [0.25, 0.3) is 0 Å². The van der Waals surface area contributed by atoms with Crippen LogP contribution in [0.5, 0.6) is 0 Å². The van der Waals surface area contributed by atoms with E-state index in [1.165, 1.54) is 30.3 Å². The molecule has 19 heteroatoms. The molecule has 2 aromatic rings. The van der Waals surface area contributed by atoms with Crippen molar-refractivity contribution in [3.63, 3.8) is 0 Å². The molecule has 0 radical (unpaired) electrons. The lowest BCUT2D eigenvalue weighted by molar-refractivity contribution is -0.437. The average molecular weight is 886 g/mol. The molecule has 2 aliphatic rings. The number of ketones is 1. The van der Waals surface area contributed by atoms with Crippen molar-refractivity contribution >= 4 is 63.3 Å². The maximum atomic E-state index is 12.2. The molecule has 0 bridgehead atoms. The van der Waals surface area contributed by atoms with Crippen LogP contribution in [0.1, 0.15) is 90.7 Å². The van der Waals surface area contributed by atoms with Gasteiger partial charge in [0.2, 0.25) is 5.69 Å². The summed E-state index contributed by atoms with van der Waals surface area (Å²) in [5.74, 6) is -0.937. The van der Waals surface area contributed by atoms with Crippen molar-refractivity contribution in [1.29, 1.82) is 0 Å². The van der Waals surface area contributed by atoms with E-state index in [9.17, 15) is 56.7 Å². The second-order valence-electron chi connectivity index (χ2n) is 15.7. The number of Topliss-reactive ketones (excluding diaryl/α,β-unsaturated/α-hetero) is 1. The predicted molar refractivity (Wildman–Crippen MR) is 221 cm³/mol. The molecule has 4 rings (SSSR count). The zero-order chi connectivity index (χ0) is 43.5. The monoisotopic (exact) mass is 885 g/mol. The Labute approximate surface area is 342 Å². The van der Waals surface area contributed by atoms with Crippen LogP contribution in [0.2, 0.25) is 0 Å². The van der Waals surface area contributed by atoms with Crippen molar-refractivity contribution in [1.82, 2.24) is 0 Å². The Morgan fingerprint density at radius 3 is 1.91 bits per heavy atom. The lowest BCUT2D eigenvalue weighted by atomic mass is 9.77. The summed E-state index contributed by atoms with van der Waals surface area (Å²) in [6.45, 7) is 9.85. The summed E-state index contributed by atoms with van der Waals surface area (Å²) in [7, 11) is -17.7. The number of unbranched alkanes of at least 4 members (excludes halogenated alkanes) is 2. The molecule has 2 aromatic carbocycles. The molecule has 4 N–H and O–H groups in total. The molecule has 1 atom stereocenters. The summed E-state index contributed by atoms with van der Waals surface area (Å²) in [4.78, 5) is 13.6. The normalized spacial score (nSPS) is 19.3. The van der Waals surface area contributed by atoms with Gasteiger partial charge in [-0.3, -0.25) is 23.0 Å².